The van der Waals surface area contributed by atoms with E-state index in [1.165, 1.54) is 6.20 Å². The van der Waals surface area contributed by atoms with Crippen LogP contribution in [-0.2, 0) is 4.79 Å². The van der Waals surface area contributed by atoms with Gasteiger partial charge in [0.15, 0.2) is 0 Å². The number of amides is 1. The maximum absolute atomic E-state index is 12.8. The molecule has 0 radical (unpaired) electrons. The molecule has 0 heterocycles. The SMILES string of the molecule is CC(C)NC(=O)/C(=C\Nc1ccc(Cl)cc1)C(=O)c1ccccc1Cl. The molecule has 1 amide bonds. The summed E-state index contributed by atoms with van der Waals surface area (Å²) in [7, 11) is 0. The highest BCUT2D eigenvalue weighted by Gasteiger charge is 2.22. The van der Waals surface area contributed by atoms with Gasteiger partial charge in [0.05, 0.1) is 5.02 Å². The van der Waals surface area contributed by atoms with Crippen LogP contribution in [0, 0.1) is 0 Å². The van der Waals surface area contributed by atoms with Crippen molar-refractivity contribution in [2.75, 3.05) is 5.32 Å². The lowest BCUT2D eigenvalue weighted by Crippen LogP contribution is -2.34. The van der Waals surface area contributed by atoms with Crippen molar-refractivity contribution >= 4 is 40.6 Å². The van der Waals surface area contributed by atoms with Gasteiger partial charge in [0.2, 0.25) is 5.78 Å². The average Bonchev–Trinajstić information content (AvgIpc) is 2.56. The lowest BCUT2D eigenvalue weighted by Gasteiger charge is -2.12. The van der Waals surface area contributed by atoms with E-state index in [0.717, 1.165) is 0 Å². The Labute approximate surface area is 156 Å². The molecule has 130 valence electrons. The van der Waals surface area contributed by atoms with Crippen LogP contribution in [0.15, 0.2) is 60.3 Å². The molecule has 0 atom stereocenters. The van der Waals surface area contributed by atoms with E-state index in [9.17, 15) is 9.59 Å². The third-order valence-corrected chi connectivity index (χ3v) is 3.84. The van der Waals surface area contributed by atoms with Gasteiger partial charge in [0.25, 0.3) is 5.91 Å². The Morgan fingerprint density at radius 3 is 2.24 bits per heavy atom. The highest BCUT2D eigenvalue weighted by atomic mass is 35.5. The van der Waals surface area contributed by atoms with Crippen molar-refractivity contribution in [2.24, 2.45) is 0 Å². The second-order valence-electron chi connectivity index (χ2n) is 5.65. The maximum atomic E-state index is 12.8. The Kier molecular flexibility index (Phi) is 6.62. The van der Waals surface area contributed by atoms with Gasteiger partial charge in [-0.3, -0.25) is 9.59 Å². The van der Waals surface area contributed by atoms with Crippen LogP contribution in [0.5, 0.6) is 0 Å². The summed E-state index contributed by atoms with van der Waals surface area (Å²) in [6.07, 6.45) is 1.38. The molecule has 0 fully saturated rings. The van der Waals surface area contributed by atoms with Crippen LogP contribution in [0.25, 0.3) is 0 Å². The topological polar surface area (TPSA) is 58.2 Å². The van der Waals surface area contributed by atoms with E-state index in [2.05, 4.69) is 10.6 Å². The lowest BCUT2D eigenvalue weighted by molar-refractivity contribution is -0.117. The monoisotopic (exact) mass is 376 g/mol. The van der Waals surface area contributed by atoms with E-state index in [1.54, 1.807) is 48.5 Å². The van der Waals surface area contributed by atoms with E-state index >= 15 is 0 Å². The molecule has 0 saturated heterocycles. The minimum atomic E-state index is -0.471. The van der Waals surface area contributed by atoms with Gasteiger partial charge in [-0.1, -0.05) is 35.3 Å². The van der Waals surface area contributed by atoms with Crippen LogP contribution in [-0.4, -0.2) is 17.7 Å². The summed E-state index contributed by atoms with van der Waals surface area (Å²) >= 11 is 11.9. The number of ketones is 1. The molecule has 6 heteroatoms. The maximum Gasteiger partial charge on any atom is 0.256 e. The predicted octanol–water partition coefficient (Wildman–Crippen LogP) is 4.70. The molecule has 0 saturated carbocycles. The Morgan fingerprint density at radius 1 is 1.00 bits per heavy atom. The number of benzene rings is 2. The minimum Gasteiger partial charge on any atom is -0.361 e. The summed E-state index contributed by atoms with van der Waals surface area (Å²) in [5.74, 6) is -0.924. The van der Waals surface area contributed by atoms with Crippen molar-refractivity contribution in [1.82, 2.24) is 5.32 Å². The largest absolute Gasteiger partial charge is 0.361 e. The second kappa shape index (κ2) is 8.70. The molecule has 0 aliphatic carbocycles. The molecular weight excluding hydrogens is 359 g/mol. The number of hydrogen-bond donors (Lipinski definition) is 2. The standard InChI is InChI=1S/C19H18Cl2N2O2/c1-12(2)23-19(25)16(11-22-14-9-7-13(20)8-10-14)18(24)15-5-3-4-6-17(15)21/h3-12,22H,1-2H3,(H,23,25)/b16-11-. The summed E-state index contributed by atoms with van der Waals surface area (Å²) in [4.78, 5) is 25.2. The fraction of sp³-hybridized carbons (Fsp3) is 0.158. The number of rotatable bonds is 6. The average molecular weight is 377 g/mol. The van der Waals surface area contributed by atoms with Crippen LogP contribution in [0.3, 0.4) is 0 Å². The summed E-state index contributed by atoms with van der Waals surface area (Å²) in [6.45, 7) is 3.64. The van der Waals surface area contributed by atoms with Crippen LogP contribution < -0.4 is 10.6 Å². The molecule has 0 aliphatic heterocycles. The first kappa shape index (κ1) is 19.0. The van der Waals surface area contributed by atoms with Crippen LogP contribution >= 0.6 is 23.2 Å². The van der Waals surface area contributed by atoms with Crippen molar-refractivity contribution in [3.8, 4) is 0 Å². The van der Waals surface area contributed by atoms with Gasteiger partial charge in [-0.05, 0) is 50.2 Å². The van der Waals surface area contributed by atoms with Gasteiger partial charge in [-0.15, -0.1) is 0 Å². The zero-order valence-electron chi connectivity index (χ0n) is 13.8. The Hall–Kier alpha value is -2.30. The number of halogens is 2. The zero-order valence-corrected chi connectivity index (χ0v) is 15.4. The van der Waals surface area contributed by atoms with Crippen molar-refractivity contribution in [3.05, 3.63) is 75.9 Å². The molecule has 0 bridgehead atoms. The normalized spacial score (nSPS) is 11.3. The molecule has 4 nitrogen and oxygen atoms in total. The Balaban J connectivity index is 2.33. The number of nitrogens with one attached hydrogen (secondary N) is 2. The predicted molar refractivity (Wildman–Crippen MR) is 102 cm³/mol. The van der Waals surface area contributed by atoms with E-state index in [-0.39, 0.29) is 17.2 Å². The number of carbonyl (C=O) groups excluding carboxylic acids is 2. The summed E-state index contributed by atoms with van der Waals surface area (Å²) in [6, 6.07) is 13.4. The number of hydrogen-bond acceptors (Lipinski definition) is 3. The van der Waals surface area contributed by atoms with Gasteiger partial charge in [-0.2, -0.15) is 0 Å². The molecule has 2 aromatic carbocycles. The molecule has 2 aromatic rings. The van der Waals surface area contributed by atoms with Crippen LogP contribution in [0.1, 0.15) is 24.2 Å². The molecule has 0 aromatic heterocycles. The minimum absolute atomic E-state index is 0.0308. The number of anilines is 1. The van der Waals surface area contributed by atoms with E-state index in [0.29, 0.717) is 15.7 Å². The third-order valence-electron chi connectivity index (χ3n) is 3.25. The smallest absolute Gasteiger partial charge is 0.256 e. The molecule has 0 spiro atoms. The molecular formula is C19H18Cl2N2O2. The number of carbonyl (C=O) groups is 2. The van der Waals surface area contributed by atoms with Gasteiger partial charge in [0, 0.05) is 28.5 Å². The van der Waals surface area contributed by atoms with Crippen LogP contribution in [0.4, 0.5) is 5.69 Å². The highest BCUT2D eigenvalue weighted by molar-refractivity contribution is 6.37. The van der Waals surface area contributed by atoms with Gasteiger partial charge in [-0.25, -0.2) is 0 Å². The first-order valence-corrected chi connectivity index (χ1v) is 8.46. The van der Waals surface area contributed by atoms with Crippen molar-refractivity contribution in [2.45, 2.75) is 19.9 Å². The zero-order chi connectivity index (χ0) is 18.4. The third kappa shape index (κ3) is 5.34. The van der Waals surface area contributed by atoms with E-state index < -0.39 is 11.7 Å². The second-order valence-corrected chi connectivity index (χ2v) is 6.49. The Morgan fingerprint density at radius 2 is 1.64 bits per heavy atom. The molecule has 0 unspecified atom stereocenters. The Bertz CT molecular complexity index is 799. The quantitative estimate of drug-likeness (QED) is 0.332. The molecule has 2 N–H and O–H groups in total. The van der Waals surface area contributed by atoms with E-state index in [1.807, 2.05) is 13.8 Å². The van der Waals surface area contributed by atoms with Gasteiger partial charge >= 0.3 is 0 Å². The fourth-order valence-electron chi connectivity index (χ4n) is 2.07. The number of Topliss-reactive ketones (excluding diaryl/α,β-unsaturated/α-hetero) is 1. The summed E-state index contributed by atoms with van der Waals surface area (Å²) in [5.41, 5.74) is 0.940. The summed E-state index contributed by atoms with van der Waals surface area (Å²) < 4.78 is 0. The van der Waals surface area contributed by atoms with Gasteiger partial charge in [0.1, 0.15) is 5.57 Å². The molecule has 2 rings (SSSR count). The van der Waals surface area contributed by atoms with Crippen molar-refractivity contribution in [1.29, 1.82) is 0 Å². The molecule has 25 heavy (non-hydrogen) atoms. The molecule has 0 aliphatic rings. The van der Waals surface area contributed by atoms with E-state index in [4.69, 9.17) is 23.2 Å². The lowest BCUT2D eigenvalue weighted by atomic mass is 10.0. The van der Waals surface area contributed by atoms with Crippen LogP contribution in [0.2, 0.25) is 10.0 Å². The van der Waals surface area contributed by atoms with Crippen molar-refractivity contribution in [3.63, 3.8) is 0 Å². The van der Waals surface area contributed by atoms with Crippen molar-refractivity contribution < 1.29 is 9.59 Å². The van der Waals surface area contributed by atoms with Gasteiger partial charge < -0.3 is 10.6 Å². The first-order chi connectivity index (χ1) is 11.9. The fourth-order valence-corrected chi connectivity index (χ4v) is 2.41. The summed E-state index contributed by atoms with van der Waals surface area (Å²) in [5, 5.41) is 6.57. The first-order valence-electron chi connectivity index (χ1n) is 7.71. The highest BCUT2D eigenvalue weighted by Crippen LogP contribution is 2.20.